The normalized spacial score (nSPS) is 21.0. The van der Waals surface area contributed by atoms with Crippen LogP contribution in [0.5, 0.6) is 0 Å². The number of hydrogen-bond acceptors (Lipinski definition) is 11. The molecule has 0 aliphatic carbocycles. The molecule has 0 aromatic heterocycles. The van der Waals surface area contributed by atoms with E-state index in [4.69, 9.17) is 14.2 Å². The Morgan fingerprint density at radius 3 is 2.41 bits per heavy atom. The van der Waals surface area contributed by atoms with Gasteiger partial charge in [0.1, 0.15) is 18.1 Å². The van der Waals surface area contributed by atoms with Crippen molar-refractivity contribution in [3.63, 3.8) is 0 Å². The minimum absolute atomic E-state index is 0.000469. The van der Waals surface area contributed by atoms with Crippen LogP contribution in [0.4, 0.5) is 5.69 Å². The zero-order chi connectivity index (χ0) is 31.6. The molecule has 2 aromatic carbocycles. The number of allylic oxidation sites excluding steroid dienone is 2. The number of esters is 2. The summed E-state index contributed by atoms with van der Waals surface area (Å²) in [6.07, 6.45) is 2.33. The molecule has 1 fully saturated rings. The second-order valence-corrected chi connectivity index (χ2v) is 12.4. The predicted octanol–water partition coefficient (Wildman–Crippen LogP) is 3.33. The van der Waals surface area contributed by atoms with Crippen LogP contribution in [0.2, 0.25) is 0 Å². The molecule has 0 radical (unpaired) electrons. The first kappa shape index (κ1) is 30.9. The van der Waals surface area contributed by atoms with E-state index in [0.717, 1.165) is 19.3 Å². The molecule has 2 aromatic rings. The van der Waals surface area contributed by atoms with Crippen LogP contribution in [0.15, 0.2) is 76.0 Å². The Balaban J connectivity index is 1.40. The number of amides is 1. The highest BCUT2D eigenvalue weighted by Gasteiger charge is 2.42. The number of ether oxygens (including phenoxy) is 3. The maximum atomic E-state index is 13.6. The van der Waals surface area contributed by atoms with E-state index in [1.165, 1.54) is 36.4 Å². The summed E-state index contributed by atoms with van der Waals surface area (Å²) in [4.78, 5) is 50.8. The van der Waals surface area contributed by atoms with E-state index < -0.39 is 51.9 Å². The van der Waals surface area contributed by atoms with E-state index in [1.54, 1.807) is 26.0 Å². The summed E-state index contributed by atoms with van der Waals surface area (Å²) >= 11 is 0. The fourth-order valence-corrected chi connectivity index (χ4v) is 7.18. The molecule has 0 spiro atoms. The number of carbonyl (C=O) groups excluding carboxylic acids is 3. The lowest BCUT2D eigenvalue weighted by molar-refractivity contribution is -0.384. The standard InChI is InChI=1S/C30H31N3O10S/c1-18-25(29(35)42-15-13-32-28(34)23-11-3-4-12-24(23)44(32,39)40)27(20-8-7-9-21(16-20)33(37)38)26(19(2)31-18)30(36)43-17-22-10-5-6-14-41-22/h3-4,7-9,11-12,16,22,27,31H,5-6,10,13-15,17H2,1-2H3/t22-,27+/m0/s1. The van der Waals surface area contributed by atoms with Crippen molar-refractivity contribution < 1.29 is 41.9 Å². The maximum Gasteiger partial charge on any atom is 0.336 e. The molecule has 3 aliphatic heterocycles. The van der Waals surface area contributed by atoms with Gasteiger partial charge in [0, 0.05) is 30.1 Å². The molecular weight excluding hydrogens is 594 g/mol. The van der Waals surface area contributed by atoms with Gasteiger partial charge in [-0.2, -0.15) is 0 Å². The fourth-order valence-electron chi connectivity index (χ4n) is 5.62. The van der Waals surface area contributed by atoms with Gasteiger partial charge in [-0.25, -0.2) is 22.3 Å². The van der Waals surface area contributed by atoms with Gasteiger partial charge in [0.05, 0.1) is 40.2 Å². The predicted molar refractivity (Wildman–Crippen MR) is 155 cm³/mol. The van der Waals surface area contributed by atoms with E-state index in [2.05, 4.69) is 5.32 Å². The number of benzene rings is 2. The number of hydrogen-bond donors (Lipinski definition) is 1. The lowest BCUT2D eigenvalue weighted by Crippen LogP contribution is -2.36. The van der Waals surface area contributed by atoms with Crippen LogP contribution in [0.1, 0.15) is 54.9 Å². The van der Waals surface area contributed by atoms with Gasteiger partial charge in [-0.1, -0.05) is 24.3 Å². The Morgan fingerprint density at radius 1 is 1.05 bits per heavy atom. The molecular formula is C30H31N3O10S. The van der Waals surface area contributed by atoms with Crippen molar-refractivity contribution in [2.75, 3.05) is 26.4 Å². The SMILES string of the molecule is CC1=C(C(=O)OCCN2C(=O)c3ccccc3S2(=O)=O)[C@@H](c2cccc([N+](=O)[O-])c2)C(C(=O)OC[C@@H]2CCCCO2)=C(C)N1. The molecule has 1 saturated heterocycles. The summed E-state index contributed by atoms with van der Waals surface area (Å²) in [5, 5.41) is 14.6. The third-order valence-electron chi connectivity index (χ3n) is 7.73. The lowest BCUT2D eigenvalue weighted by Gasteiger charge is -2.31. The van der Waals surface area contributed by atoms with Crippen LogP contribution >= 0.6 is 0 Å². The number of carbonyl (C=O) groups is 3. The minimum atomic E-state index is -4.11. The fraction of sp³-hybridized carbons (Fsp3) is 0.367. The second kappa shape index (κ2) is 12.6. The number of dihydropyridines is 1. The zero-order valence-corrected chi connectivity index (χ0v) is 24.9. The molecule has 1 N–H and O–H groups in total. The number of nitrogens with one attached hydrogen (secondary N) is 1. The van der Waals surface area contributed by atoms with Crippen molar-refractivity contribution >= 4 is 33.6 Å². The second-order valence-electron chi connectivity index (χ2n) is 10.6. The molecule has 14 heteroatoms. The third-order valence-corrected chi connectivity index (χ3v) is 9.57. The van der Waals surface area contributed by atoms with E-state index in [-0.39, 0.29) is 45.6 Å². The number of nitro benzene ring substituents is 1. The lowest BCUT2D eigenvalue weighted by atomic mass is 9.80. The Bertz CT molecular complexity index is 1690. The largest absolute Gasteiger partial charge is 0.460 e. The molecule has 5 rings (SSSR count). The zero-order valence-electron chi connectivity index (χ0n) is 24.1. The van der Waals surface area contributed by atoms with E-state index >= 15 is 0 Å². The smallest absolute Gasteiger partial charge is 0.336 e. The summed E-state index contributed by atoms with van der Waals surface area (Å²) in [5.41, 5.74) is 0.819. The first-order valence-electron chi connectivity index (χ1n) is 14.1. The van der Waals surface area contributed by atoms with Gasteiger partial charge in [-0.15, -0.1) is 0 Å². The molecule has 3 aliphatic rings. The number of non-ortho nitro benzene ring substituents is 1. The van der Waals surface area contributed by atoms with Gasteiger partial charge in [0.2, 0.25) is 0 Å². The molecule has 1 amide bonds. The van der Waals surface area contributed by atoms with Crippen molar-refractivity contribution in [2.24, 2.45) is 0 Å². The number of nitro groups is 1. The summed E-state index contributed by atoms with van der Waals surface area (Å²) in [5.74, 6) is -3.47. The van der Waals surface area contributed by atoms with Crippen LogP contribution in [0.3, 0.4) is 0 Å². The average molecular weight is 626 g/mol. The number of sulfonamides is 1. The van der Waals surface area contributed by atoms with Crippen LogP contribution in [0, 0.1) is 10.1 Å². The Kier molecular flexibility index (Phi) is 8.83. The molecule has 2 atom stereocenters. The first-order valence-corrected chi connectivity index (χ1v) is 15.5. The van der Waals surface area contributed by atoms with Gasteiger partial charge in [-0.3, -0.25) is 14.9 Å². The highest BCUT2D eigenvalue weighted by atomic mass is 32.2. The van der Waals surface area contributed by atoms with Crippen molar-refractivity contribution in [1.82, 2.24) is 9.62 Å². The monoisotopic (exact) mass is 625 g/mol. The van der Waals surface area contributed by atoms with Crippen LogP contribution < -0.4 is 5.32 Å². The quantitative estimate of drug-likeness (QED) is 0.246. The first-order chi connectivity index (χ1) is 21.0. The highest BCUT2D eigenvalue weighted by molar-refractivity contribution is 7.90. The topological polar surface area (TPSA) is 171 Å². The molecule has 3 heterocycles. The minimum Gasteiger partial charge on any atom is -0.460 e. The van der Waals surface area contributed by atoms with Crippen molar-refractivity contribution in [1.29, 1.82) is 0 Å². The molecule has 232 valence electrons. The molecule has 13 nitrogen and oxygen atoms in total. The molecule has 0 unspecified atom stereocenters. The Hall–Kier alpha value is -4.56. The molecule has 0 saturated carbocycles. The summed E-state index contributed by atoms with van der Waals surface area (Å²) in [6.45, 7) is 2.88. The Labute approximate surface area is 253 Å². The third kappa shape index (κ3) is 5.95. The number of rotatable bonds is 9. The van der Waals surface area contributed by atoms with E-state index in [9.17, 15) is 32.9 Å². The van der Waals surface area contributed by atoms with Gasteiger partial charge in [0.25, 0.3) is 21.6 Å². The van der Waals surface area contributed by atoms with Gasteiger partial charge < -0.3 is 19.5 Å². The Morgan fingerprint density at radius 2 is 1.75 bits per heavy atom. The van der Waals surface area contributed by atoms with Crippen molar-refractivity contribution in [2.45, 2.75) is 50.0 Å². The number of fused-ring (bicyclic) bond motifs is 1. The summed E-state index contributed by atoms with van der Waals surface area (Å²) < 4.78 is 43.2. The van der Waals surface area contributed by atoms with Crippen molar-refractivity contribution in [3.05, 3.63) is 92.3 Å². The van der Waals surface area contributed by atoms with Crippen LogP contribution in [0.25, 0.3) is 0 Å². The van der Waals surface area contributed by atoms with E-state index in [1.807, 2.05) is 0 Å². The molecule has 44 heavy (non-hydrogen) atoms. The van der Waals surface area contributed by atoms with Crippen LogP contribution in [-0.2, 0) is 33.8 Å². The summed E-state index contributed by atoms with van der Waals surface area (Å²) in [7, 11) is -4.11. The highest BCUT2D eigenvalue weighted by Crippen LogP contribution is 2.40. The van der Waals surface area contributed by atoms with E-state index in [0.29, 0.717) is 22.3 Å². The molecule has 0 bridgehead atoms. The van der Waals surface area contributed by atoms with Gasteiger partial charge in [-0.05, 0) is 50.8 Å². The van der Waals surface area contributed by atoms with Gasteiger partial charge >= 0.3 is 11.9 Å². The van der Waals surface area contributed by atoms with Crippen LogP contribution in [-0.4, -0.2) is 68.0 Å². The van der Waals surface area contributed by atoms with Crippen molar-refractivity contribution in [3.8, 4) is 0 Å². The summed E-state index contributed by atoms with van der Waals surface area (Å²) in [6, 6.07) is 11.4. The number of nitrogens with zero attached hydrogens (tertiary/aromatic N) is 2. The average Bonchev–Trinajstić information content (AvgIpc) is 3.20. The maximum absolute atomic E-state index is 13.6. The van der Waals surface area contributed by atoms with Gasteiger partial charge in [0.15, 0.2) is 0 Å².